The van der Waals surface area contributed by atoms with E-state index in [9.17, 15) is 0 Å². The molecule has 2 aliphatic rings. The summed E-state index contributed by atoms with van der Waals surface area (Å²) in [5.74, 6) is 0.860. The Balaban J connectivity index is 1.68. The number of nitrogens with one attached hydrogen (secondary N) is 1. The van der Waals surface area contributed by atoms with E-state index in [0.29, 0.717) is 12.3 Å². The lowest BCUT2D eigenvalue weighted by Gasteiger charge is -2.30. The second-order valence-corrected chi connectivity index (χ2v) is 7.39. The molecule has 5 heterocycles. The zero-order valence-electron chi connectivity index (χ0n) is 14.5. The zero-order chi connectivity index (χ0) is 17.0. The molecule has 0 bridgehead atoms. The molecule has 0 spiro atoms. The first-order valence-corrected chi connectivity index (χ1v) is 8.76. The maximum absolute atomic E-state index is 6.13. The summed E-state index contributed by atoms with van der Waals surface area (Å²) in [5, 5.41) is 4.30. The molecule has 1 fully saturated rings. The van der Waals surface area contributed by atoms with Crippen molar-refractivity contribution in [2.75, 3.05) is 31.1 Å². The van der Waals surface area contributed by atoms with Gasteiger partial charge in [0.2, 0.25) is 5.71 Å². The van der Waals surface area contributed by atoms with E-state index in [1.165, 1.54) is 0 Å². The van der Waals surface area contributed by atoms with Crippen LogP contribution in [0.3, 0.4) is 0 Å². The highest BCUT2D eigenvalue weighted by Gasteiger charge is 2.29. The second kappa shape index (κ2) is 5.37. The summed E-state index contributed by atoms with van der Waals surface area (Å²) in [6.45, 7) is 8.48. The van der Waals surface area contributed by atoms with Gasteiger partial charge in [0, 0.05) is 38.2 Å². The van der Waals surface area contributed by atoms with Crippen LogP contribution in [0.25, 0.3) is 22.2 Å². The molecular formula is C18H21N5O2. The van der Waals surface area contributed by atoms with Crippen LogP contribution in [0.1, 0.15) is 25.1 Å². The van der Waals surface area contributed by atoms with Gasteiger partial charge in [0.25, 0.3) is 0 Å². The molecule has 1 N–H and O–H groups in total. The summed E-state index contributed by atoms with van der Waals surface area (Å²) >= 11 is 0. The molecular weight excluding hydrogens is 318 g/mol. The molecule has 3 aromatic heterocycles. The highest BCUT2D eigenvalue weighted by Crippen LogP contribution is 2.35. The smallest absolute Gasteiger partial charge is 0.229 e. The van der Waals surface area contributed by atoms with Crippen molar-refractivity contribution < 1.29 is 9.15 Å². The summed E-state index contributed by atoms with van der Waals surface area (Å²) in [6.07, 6.45) is 2.40. The SMILES string of the molecule is CC1(C)Cc2nc3oc4c(N5CCNCC5)ncnc4c3cc2CO1. The standard InChI is InChI=1S/C18H21N5O2/c1-18(2)8-13-11(9-24-18)7-12-14-15(25-17(12)22-13)16(21-10-20-14)23-5-3-19-4-6-23/h7,10,19H,3-6,8-9H2,1-2H3. The molecule has 0 radical (unpaired) electrons. The topological polar surface area (TPSA) is 76.3 Å². The molecule has 7 nitrogen and oxygen atoms in total. The molecule has 0 aliphatic carbocycles. The summed E-state index contributed by atoms with van der Waals surface area (Å²) in [7, 11) is 0. The molecule has 0 aromatic carbocycles. The van der Waals surface area contributed by atoms with Crippen LogP contribution >= 0.6 is 0 Å². The van der Waals surface area contributed by atoms with Crippen molar-refractivity contribution in [3.63, 3.8) is 0 Å². The van der Waals surface area contributed by atoms with E-state index in [4.69, 9.17) is 14.1 Å². The summed E-state index contributed by atoms with van der Waals surface area (Å²) < 4.78 is 12.1. The van der Waals surface area contributed by atoms with Crippen molar-refractivity contribution in [2.24, 2.45) is 0 Å². The van der Waals surface area contributed by atoms with Crippen LogP contribution in [-0.2, 0) is 17.8 Å². The Morgan fingerprint density at radius 1 is 1.20 bits per heavy atom. The van der Waals surface area contributed by atoms with Gasteiger partial charge in [-0.05, 0) is 19.9 Å². The van der Waals surface area contributed by atoms with E-state index in [2.05, 4.69) is 40.1 Å². The van der Waals surface area contributed by atoms with Crippen LogP contribution in [0.4, 0.5) is 5.82 Å². The van der Waals surface area contributed by atoms with Crippen LogP contribution in [0, 0.1) is 0 Å². The molecule has 0 atom stereocenters. The van der Waals surface area contributed by atoms with Crippen LogP contribution in [0.15, 0.2) is 16.8 Å². The lowest BCUT2D eigenvalue weighted by Crippen LogP contribution is -2.43. The van der Waals surface area contributed by atoms with Crippen molar-refractivity contribution in [3.8, 4) is 0 Å². The minimum atomic E-state index is -0.189. The van der Waals surface area contributed by atoms with Gasteiger partial charge in [0.1, 0.15) is 11.8 Å². The average molecular weight is 339 g/mol. The third-order valence-electron chi connectivity index (χ3n) is 5.02. The van der Waals surface area contributed by atoms with Crippen molar-refractivity contribution in [1.29, 1.82) is 0 Å². The Bertz CT molecular complexity index is 959. The maximum Gasteiger partial charge on any atom is 0.229 e. The fourth-order valence-electron chi connectivity index (χ4n) is 3.68. The van der Waals surface area contributed by atoms with Crippen molar-refractivity contribution in [1.82, 2.24) is 20.3 Å². The van der Waals surface area contributed by atoms with Gasteiger partial charge < -0.3 is 19.4 Å². The van der Waals surface area contributed by atoms with Crippen molar-refractivity contribution in [2.45, 2.75) is 32.5 Å². The number of nitrogens with zero attached hydrogens (tertiary/aromatic N) is 4. The zero-order valence-corrected chi connectivity index (χ0v) is 14.5. The molecule has 0 saturated carbocycles. The number of aromatic nitrogens is 3. The quantitative estimate of drug-likeness (QED) is 0.727. The second-order valence-electron chi connectivity index (χ2n) is 7.39. The first-order chi connectivity index (χ1) is 12.1. The summed E-state index contributed by atoms with van der Waals surface area (Å²) in [6, 6.07) is 2.12. The maximum atomic E-state index is 6.13. The number of anilines is 1. The lowest BCUT2D eigenvalue weighted by molar-refractivity contribution is -0.0411. The number of hydrogen-bond donors (Lipinski definition) is 1. The summed E-state index contributed by atoms with van der Waals surface area (Å²) in [4.78, 5) is 16.0. The predicted octanol–water partition coefficient (Wildman–Crippen LogP) is 2.03. The molecule has 5 rings (SSSR count). The largest absolute Gasteiger partial charge is 0.432 e. The monoisotopic (exact) mass is 339 g/mol. The number of fused-ring (bicyclic) bond motifs is 4. The molecule has 0 unspecified atom stereocenters. The van der Waals surface area contributed by atoms with E-state index in [1.807, 2.05) is 0 Å². The fraction of sp³-hybridized carbons (Fsp3) is 0.500. The van der Waals surface area contributed by atoms with E-state index >= 15 is 0 Å². The minimum Gasteiger partial charge on any atom is -0.432 e. The molecule has 1 saturated heterocycles. The highest BCUT2D eigenvalue weighted by molar-refractivity contribution is 6.04. The third kappa shape index (κ3) is 2.46. The number of piperazine rings is 1. The first kappa shape index (κ1) is 15.0. The van der Waals surface area contributed by atoms with Gasteiger partial charge in [-0.3, -0.25) is 0 Å². The Hall–Kier alpha value is -2.25. The van der Waals surface area contributed by atoms with Crippen LogP contribution in [-0.4, -0.2) is 46.7 Å². The molecule has 0 amide bonds. The Morgan fingerprint density at radius 3 is 2.88 bits per heavy atom. The van der Waals surface area contributed by atoms with Crippen molar-refractivity contribution >= 4 is 28.0 Å². The van der Waals surface area contributed by atoms with Gasteiger partial charge in [-0.15, -0.1) is 0 Å². The van der Waals surface area contributed by atoms with Gasteiger partial charge in [0.05, 0.1) is 23.3 Å². The third-order valence-corrected chi connectivity index (χ3v) is 5.02. The lowest BCUT2D eigenvalue weighted by atomic mass is 9.95. The molecule has 130 valence electrons. The number of rotatable bonds is 1. The molecule has 2 aliphatic heterocycles. The van der Waals surface area contributed by atoms with Gasteiger partial charge in [-0.1, -0.05) is 0 Å². The Kier molecular flexibility index (Phi) is 3.23. The number of furan rings is 1. The van der Waals surface area contributed by atoms with E-state index < -0.39 is 0 Å². The number of hydrogen-bond acceptors (Lipinski definition) is 7. The van der Waals surface area contributed by atoms with Gasteiger partial charge >= 0.3 is 0 Å². The van der Waals surface area contributed by atoms with Crippen LogP contribution in [0.2, 0.25) is 0 Å². The highest BCUT2D eigenvalue weighted by atomic mass is 16.5. The number of pyridine rings is 1. The van der Waals surface area contributed by atoms with Crippen molar-refractivity contribution in [3.05, 3.63) is 23.7 Å². The Labute approximate surface area is 145 Å². The average Bonchev–Trinajstić information content (AvgIpc) is 2.97. The van der Waals surface area contributed by atoms with E-state index in [-0.39, 0.29) is 5.60 Å². The van der Waals surface area contributed by atoms with Crippen LogP contribution in [0.5, 0.6) is 0 Å². The molecule has 3 aromatic rings. The first-order valence-electron chi connectivity index (χ1n) is 8.76. The Morgan fingerprint density at radius 2 is 2.04 bits per heavy atom. The van der Waals surface area contributed by atoms with Gasteiger partial charge in [0.15, 0.2) is 11.4 Å². The van der Waals surface area contributed by atoms with Gasteiger partial charge in [-0.2, -0.15) is 0 Å². The van der Waals surface area contributed by atoms with Gasteiger partial charge in [-0.25, -0.2) is 15.0 Å². The fourth-order valence-corrected chi connectivity index (χ4v) is 3.68. The van der Waals surface area contributed by atoms with Crippen LogP contribution < -0.4 is 10.2 Å². The summed E-state index contributed by atoms with van der Waals surface area (Å²) in [5.41, 5.74) is 4.19. The minimum absolute atomic E-state index is 0.189. The number of ether oxygens (including phenoxy) is 1. The predicted molar refractivity (Wildman–Crippen MR) is 94.8 cm³/mol. The molecule has 25 heavy (non-hydrogen) atoms. The molecule has 7 heteroatoms. The normalized spacial score (nSPS) is 20.2. The van der Waals surface area contributed by atoms with E-state index in [0.717, 1.165) is 66.2 Å². The van der Waals surface area contributed by atoms with E-state index in [1.54, 1.807) is 6.33 Å².